The Labute approximate surface area is 157 Å². The number of benzene rings is 2. The van der Waals surface area contributed by atoms with Crippen molar-refractivity contribution in [1.29, 1.82) is 5.41 Å². The Hall–Kier alpha value is -3.28. The summed E-state index contributed by atoms with van der Waals surface area (Å²) in [6.45, 7) is 3.58. The fourth-order valence-corrected chi connectivity index (χ4v) is 3.80. The summed E-state index contributed by atoms with van der Waals surface area (Å²) in [4.78, 5) is 14.9. The van der Waals surface area contributed by atoms with Gasteiger partial charge >= 0.3 is 0 Å². The van der Waals surface area contributed by atoms with E-state index in [1.165, 1.54) is 19.2 Å². The Balaban J connectivity index is 1.81. The van der Waals surface area contributed by atoms with Crippen LogP contribution in [0.5, 0.6) is 11.5 Å². The van der Waals surface area contributed by atoms with E-state index in [1.807, 2.05) is 24.3 Å². The van der Waals surface area contributed by atoms with E-state index in [-0.39, 0.29) is 17.4 Å². The summed E-state index contributed by atoms with van der Waals surface area (Å²) in [5, 5.41) is 22.1. The number of aromatic hydroxyl groups is 1. The van der Waals surface area contributed by atoms with Gasteiger partial charge in [-0.25, -0.2) is 0 Å². The molecule has 2 aromatic rings. The van der Waals surface area contributed by atoms with Gasteiger partial charge in [-0.2, -0.15) is 0 Å². The van der Waals surface area contributed by atoms with Gasteiger partial charge in [0, 0.05) is 36.0 Å². The molecule has 0 aliphatic carbocycles. The Kier molecular flexibility index (Phi) is 3.73. The van der Waals surface area contributed by atoms with Crippen molar-refractivity contribution < 1.29 is 14.6 Å². The molecule has 2 aromatic carbocycles. The summed E-state index contributed by atoms with van der Waals surface area (Å²) >= 11 is 0. The van der Waals surface area contributed by atoms with Crippen LogP contribution in [0.15, 0.2) is 53.7 Å². The normalized spacial score (nSPS) is 20.6. The molecule has 0 spiro atoms. The first kappa shape index (κ1) is 17.1. The molecule has 1 saturated heterocycles. The van der Waals surface area contributed by atoms with Crippen molar-refractivity contribution in [3.63, 3.8) is 0 Å². The number of nitrogens with zero attached hydrogens (tertiary/aromatic N) is 1. The number of ether oxygens (including phenoxy) is 1. The van der Waals surface area contributed by atoms with Crippen LogP contribution in [-0.4, -0.2) is 29.4 Å². The molecule has 2 heterocycles. The van der Waals surface area contributed by atoms with Crippen LogP contribution in [0.2, 0.25) is 0 Å². The van der Waals surface area contributed by atoms with Gasteiger partial charge in [0.25, 0.3) is 0 Å². The van der Waals surface area contributed by atoms with Gasteiger partial charge in [-0.1, -0.05) is 18.2 Å². The zero-order valence-electron chi connectivity index (χ0n) is 15.5. The SMILES string of the molecule is COc1cc(O)cc(N2C(=N)C(=C3Cc4ccccc4N3)C(=O)C2(C)C)c1. The zero-order chi connectivity index (χ0) is 19.3. The number of amidine groups is 1. The number of para-hydroxylation sites is 1. The molecule has 6 nitrogen and oxygen atoms in total. The van der Waals surface area contributed by atoms with Crippen molar-refractivity contribution in [2.75, 3.05) is 17.3 Å². The lowest BCUT2D eigenvalue weighted by atomic mass is 9.96. The van der Waals surface area contributed by atoms with Crippen LogP contribution in [0, 0.1) is 5.41 Å². The van der Waals surface area contributed by atoms with E-state index in [4.69, 9.17) is 10.1 Å². The molecular formula is C21H21N3O3. The summed E-state index contributed by atoms with van der Waals surface area (Å²) in [6.07, 6.45) is 0.590. The minimum absolute atomic E-state index is 0.0212. The Bertz CT molecular complexity index is 980. The van der Waals surface area contributed by atoms with Gasteiger partial charge in [0.05, 0.1) is 18.4 Å². The lowest BCUT2D eigenvalue weighted by Crippen LogP contribution is -2.44. The van der Waals surface area contributed by atoms with E-state index in [1.54, 1.807) is 24.8 Å². The van der Waals surface area contributed by atoms with Gasteiger partial charge in [0.1, 0.15) is 22.9 Å². The summed E-state index contributed by atoms with van der Waals surface area (Å²) in [5.74, 6) is 0.486. The maximum Gasteiger partial charge on any atom is 0.193 e. The smallest absolute Gasteiger partial charge is 0.193 e. The van der Waals surface area contributed by atoms with E-state index < -0.39 is 5.54 Å². The summed E-state index contributed by atoms with van der Waals surface area (Å²) in [6, 6.07) is 12.6. The Morgan fingerprint density at radius 2 is 1.96 bits per heavy atom. The largest absolute Gasteiger partial charge is 0.508 e. The first-order chi connectivity index (χ1) is 12.8. The third kappa shape index (κ3) is 2.56. The number of rotatable bonds is 2. The second kappa shape index (κ2) is 5.87. The number of methoxy groups -OCH3 is 1. The summed E-state index contributed by atoms with van der Waals surface area (Å²) in [5.41, 5.74) is 2.80. The number of nitrogens with one attached hydrogen (secondary N) is 2. The van der Waals surface area contributed by atoms with Crippen LogP contribution in [0.25, 0.3) is 0 Å². The van der Waals surface area contributed by atoms with E-state index in [0.717, 1.165) is 16.9 Å². The van der Waals surface area contributed by atoms with E-state index in [2.05, 4.69) is 5.32 Å². The molecule has 0 aromatic heterocycles. The number of carbonyl (C=O) groups excluding carboxylic acids is 1. The second-order valence-corrected chi connectivity index (χ2v) is 7.27. The van der Waals surface area contributed by atoms with E-state index in [9.17, 15) is 9.90 Å². The van der Waals surface area contributed by atoms with Gasteiger partial charge < -0.3 is 20.1 Å². The quantitative estimate of drug-likeness (QED) is 0.712. The fraction of sp³-hybridized carbons (Fsp3) is 0.238. The van der Waals surface area contributed by atoms with Gasteiger partial charge in [-0.15, -0.1) is 0 Å². The number of Topliss-reactive ketones (excluding diaryl/α,β-unsaturated/α-hetero) is 1. The predicted molar refractivity (Wildman–Crippen MR) is 105 cm³/mol. The molecule has 27 heavy (non-hydrogen) atoms. The topological polar surface area (TPSA) is 85.7 Å². The molecule has 2 aliphatic rings. The van der Waals surface area contributed by atoms with Gasteiger partial charge in [0.2, 0.25) is 0 Å². The predicted octanol–water partition coefficient (Wildman–Crippen LogP) is 3.47. The average Bonchev–Trinajstić information content (AvgIpc) is 3.11. The monoisotopic (exact) mass is 363 g/mol. The molecule has 1 fully saturated rings. The van der Waals surface area contributed by atoms with Crippen molar-refractivity contribution in [3.05, 3.63) is 59.3 Å². The number of ketones is 1. The highest BCUT2D eigenvalue weighted by molar-refractivity contribution is 6.36. The minimum Gasteiger partial charge on any atom is -0.508 e. The number of fused-ring (bicyclic) bond motifs is 1. The van der Waals surface area contributed by atoms with E-state index >= 15 is 0 Å². The fourth-order valence-electron chi connectivity index (χ4n) is 3.80. The van der Waals surface area contributed by atoms with Crippen molar-refractivity contribution in [3.8, 4) is 11.5 Å². The van der Waals surface area contributed by atoms with Crippen LogP contribution >= 0.6 is 0 Å². The zero-order valence-corrected chi connectivity index (χ0v) is 15.5. The molecule has 2 aliphatic heterocycles. The molecule has 0 bridgehead atoms. The maximum absolute atomic E-state index is 13.2. The van der Waals surface area contributed by atoms with Crippen LogP contribution in [0.4, 0.5) is 11.4 Å². The number of phenolic OH excluding ortho intramolecular Hbond substituents is 1. The first-order valence-electron chi connectivity index (χ1n) is 8.73. The summed E-state index contributed by atoms with van der Waals surface area (Å²) in [7, 11) is 1.51. The van der Waals surface area contributed by atoms with Gasteiger partial charge in [-0.05, 0) is 25.5 Å². The number of hydrogen-bond acceptors (Lipinski definition) is 5. The van der Waals surface area contributed by atoms with Crippen LogP contribution < -0.4 is 15.0 Å². The maximum atomic E-state index is 13.2. The third-order valence-corrected chi connectivity index (χ3v) is 5.14. The standard InChI is InChI=1S/C21H21N3O3/c1-21(2)19(26)18(17-8-12-6-4-5-7-16(12)23-17)20(22)24(21)13-9-14(25)11-15(10-13)27-3/h4-7,9-11,22-23,25H,8H2,1-3H3. The van der Waals surface area contributed by atoms with E-state index in [0.29, 0.717) is 23.4 Å². The highest BCUT2D eigenvalue weighted by Crippen LogP contribution is 2.41. The Morgan fingerprint density at radius 1 is 1.22 bits per heavy atom. The highest BCUT2D eigenvalue weighted by atomic mass is 16.5. The molecule has 4 rings (SSSR count). The summed E-state index contributed by atoms with van der Waals surface area (Å²) < 4.78 is 5.23. The molecule has 0 radical (unpaired) electrons. The third-order valence-electron chi connectivity index (χ3n) is 5.14. The van der Waals surface area contributed by atoms with Crippen LogP contribution in [-0.2, 0) is 11.2 Å². The van der Waals surface area contributed by atoms with Crippen LogP contribution in [0.1, 0.15) is 19.4 Å². The highest BCUT2D eigenvalue weighted by Gasteiger charge is 2.49. The molecule has 0 atom stereocenters. The molecule has 6 heteroatoms. The number of phenols is 1. The van der Waals surface area contributed by atoms with Gasteiger partial charge in [-0.3, -0.25) is 10.2 Å². The van der Waals surface area contributed by atoms with Crippen LogP contribution in [0.3, 0.4) is 0 Å². The number of allylic oxidation sites excluding steroid dienone is 1. The molecule has 0 amide bonds. The average molecular weight is 363 g/mol. The molecule has 3 N–H and O–H groups in total. The molecule has 138 valence electrons. The first-order valence-corrected chi connectivity index (χ1v) is 8.73. The second-order valence-electron chi connectivity index (χ2n) is 7.27. The molecule has 0 saturated carbocycles. The van der Waals surface area contributed by atoms with Crippen molar-refractivity contribution in [1.82, 2.24) is 0 Å². The molecular weight excluding hydrogens is 342 g/mol. The number of hydrogen-bond donors (Lipinski definition) is 3. The van der Waals surface area contributed by atoms with Gasteiger partial charge in [0.15, 0.2) is 5.78 Å². The number of carbonyl (C=O) groups is 1. The lowest BCUT2D eigenvalue weighted by molar-refractivity contribution is -0.118. The van der Waals surface area contributed by atoms with Crippen molar-refractivity contribution in [2.24, 2.45) is 0 Å². The lowest BCUT2D eigenvalue weighted by Gasteiger charge is -2.31. The minimum atomic E-state index is -0.950. The number of anilines is 2. The Morgan fingerprint density at radius 3 is 2.67 bits per heavy atom. The van der Waals surface area contributed by atoms with Crippen molar-refractivity contribution in [2.45, 2.75) is 25.8 Å². The van der Waals surface area contributed by atoms with Crippen molar-refractivity contribution >= 4 is 23.0 Å². The molecule has 0 unspecified atom stereocenters.